The second-order valence-corrected chi connectivity index (χ2v) is 6.60. The van der Waals surface area contributed by atoms with Gasteiger partial charge in [0.05, 0.1) is 11.0 Å². The topological polar surface area (TPSA) is 61.9 Å². The molecule has 3 aromatic carbocycles. The lowest BCUT2D eigenvalue weighted by molar-refractivity contribution is 0.884. The van der Waals surface area contributed by atoms with Gasteiger partial charge in [0, 0.05) is 12.1 Å². The second-order valence-electron chi connectivity index (χ2n) is 6.19. The first kappa shape index (κ1) is 17.9. The molecule has 0 aliphatic carbocycles. The summed E-state index contributed by atoms with van der Waals surface area (Å²) in [5, 5.41) is 3.66. The molecule has 5 nitrogen and oxygen atoms in total. The van der Waals surface area contributed by atoms with Crippen LogP contribution < -0.4 is 16.2 Å². The second kappa shape index (κ2) is 8.45. The van der Waals surface area contributed by atoms with Gasteiger partial charge in [0.15, 0.2) is 10.9 Å². The minimum atomic E-state index is 0.484. The van der Waals surface area contributed by atoms with E-state index < -0.39 is 0 Å². The third-order valence-electron chi connectivity index (χ3n) is 4.21. The normalized spacial score (nSPS) is 10.4. The maximum absolute atomic E-state index is 5.38. The molecule has 0 saturated heterocycles. The van der Waals surface area contributed by atoms with Gasteiger partial charge < -0.3 is 5.32 Å². The maximum atomic E-state index is 5.38. The van der Waals surface area contributed by atoms with Gasteiger partial charge in [-0.05, 0) is 29.9 Å². The Kier molecular flexibility index (Phi) is 5.40. The van der Waals surface area contributed by atoms with Crippen molar-refractivity contribution in [3.63, 3.8) is 0 Å². The molecule has 138 valence electrons. The highest BCUT2D eigenvalue weighted by molar-refractivity contribution is 7.80. The van der Waals surface area contributed by atoms with Crippen molar-refractivity contribution in [2.45, 2.75) is 6.54 Å². The van der Waals surface area contributed by atoms with Crippen LogP contribution >= 0.6 is 12.2 Å². The molecular weight excluding hydrogens is 366 g/mol. The summed E-state index contributed by atoms with van der Waals surface area (Å²) >= 11 is 5.38. The van der Waals surface area contributed by atoms with E-state index >= 15 is 0 Å². The van der Waals surface area contributed by atoms with Gasteiger partial charge >= 0.3 is 0 Å². The van der Waals surface area contributed by atoms with Crippen LogP contribution in [-0.2, 0) is 6.54 Å². The van der Waals surface area contributed by atoms with Gasteiger partial charge in [-0.25, -0.2) is 9.97 Å². The highest BCUT2D eigenvalue weighted by atomic mass is 32.1. The van der Waals surface area contributed by atoms with Crippen LogP contribution in [0, 0.1) is 0 Å². The molecule has 0 amide bonds. The molecule has 3 N–H and O–H groups in total. The van der Waals surface area contributed by atoms with E-state index in [1.807, 2.05) is 84.9 Å². The molecule has 0 radical (unpaired) electrons. The van der Waals surface area contributed by atoms with Gasteiger partial charge in [0.25, 0.3) is 0 Å². The average Bonchev–Trinajstić information content (AvgIpc) is 2.77. The van der Waals surface area contributed by atoms with Crippen LogP contribution in [0.2, 0.25) is 0 Å². The number of fused-ring (bicyclic) bond motifs is 1. The lowest BCUT2D eigenvalue weighted by Crippen LogP contribution is -2.38. The Labute approximate surface area is 168 Å². The number of rotatable bonds is 5. The summed E-state index contributed by atoms with van der Waals surface area (Å²) in [5.41, 5.74) is 10.7. The van der Waals surface area contributed by atoms with E-state index in [1.165, 1.54) is 0 Å². The summed E-state index contributed by atoms with van der Waals surface area (Å²) in [4.78, 5) is 9.51. The summed E-state index contributed by atoms with van der Waals surface area (Å²) in [6.07, 6.45) is 0. The van der Waals surface area contributed by atoms with Crippen molar-refractivity contribution >= 4 is 34.2 Å². The fourth-order valence-electron chi connectivity index (χ4n) is 2.82. The molecule has 4 aromatic rings. The van der Waals surface area contributed by atoms with E-state index in [2.05, 4.69) is 16.2 Å². The number of para-hydroxylation sites is 2. The van der Waals surface area contributed by atoms with Crippen molar-refractivity contribution in [3.8, 4) is 11.3 Å². The molecule has 1 aromatic heterocycles. The van der Waals surface area contributed by atoms with E-state index in [9.17, 15) is 0 Å². The minimum Gasteiger partial charge on any atom is -0.357 e. The molecule has 0 unspecified atom stereocenters. The molecule has 0 fully saturated rings. The standard InChI is InChI=1S/C22H19N5S/c28-22(23-15-16-9-3-1-4-10-16)27-26-21-20(17-11-5-2-6-12-17)24-18-13-7-8-14-19(18)25-21/h1-14H,15H2,(H,25,26)(H2,23,27,28). The Morgan fingerprint density at radius 2 is 1.36 bits per heavy atom. The molecule has 0 saturated carbocycles. The fraction of sp³-hybridized carbons (Fsp3) is 0.0455. The van der Waals surface area contributed by atoms with Gasteiger partial charge in [-0.2, -0.15) is 0 Å². The number of thiocarbonyl (C=S) groups is 1. The molecule has 4 rings (SSSR count). The molecule has 0 spiro atoms. The van der Waals surface area contributed by atoms with Gasteiger partial charge in [-0.15, -0.1) is 0 Å². The summed E-state index contributed by atoms with van der Waals surface area (Å²) in [6.45, 7) is 0.642. The quantitative estimate of drug-likeness (QED) is 0.352. The smallest absolute Gasteiger partial charge is 0.185 e. The van der Waals surface area contributed by atoms with Gasteiger partial charge in [0.2, 0.25) is 0 Å². The Balaban J connectivity index is 1.53. The predicted octanol–water partition coefficient (Wildman–Crippen LogP) is 4.29. The first-order valence-electron chi connectivity index (χ1n) is 8.95. The molecule has 0 atom stereocenters. The van der Waals surface area contributed by atoms with Crippen LogP contribution in [0.4, 0.5) is 5.82 Å². The predicted molar refractivity (Wildman–Crippen MR) is 118 cm³/mol. The first-order chi connectivity index (χ1) is 13.8. The number of hydrogen-bond acceptors (Lipinski definition) is 4. The van der Waals surface area contributed by atoms with Crippen LogP contribution in [0.15, 0.2) is 84.9 Å². The van der Waals surface area contributed by atoms with Crippen LogP contribution in [0.3, 0.4) is 0 Å². The summed E-state index contributed by atoms with van der Waals surface area (Å²) in [6, 6.07) is 27.9. The molecule has 1 heterocycles. The van der Waals surface area contributed by atoms with Crippen molar-refractivity contribution in [2.75, 3.05) is 5.43 Å². The van der Waals surface area contributed by atoms with Crippen molar-refractivity contribution < 1.29 is 0 Å². The van der Waals surface area contributed by atoms with Crippen LogP contribution in [0.1, 0.15) is 5.56 Å². The highest BCUT2D eigenvalue weighted by Crippen LogP contribution is 2.26. The van der Waals surface area contributed by atoms with E-state index in [-0.39, 0.29) is 0 Å². The third-order valence-corrected chi connectivity index (χ3v) is 4.45. The SMILES string of the molecule is S=C(NCc1ccccc1)NNc1nc2ccccc2nc1-c1ccccc1. The third kappa shape index (κ3) is 4.24. The zero-order chi connectivity index (χ0) is 19.2. The van der Waals surface area contributed by atoms with Crippen molar-refractivity contribution in [3.05, 3.63) is 90.5 Å². The Bertz CT molecular complexity index is 1080. The molecule has 0 aliphatic rings. The first-order valence-corrected chi connectivity index (χ1v) is 9.36. The number of hydrogen-bond donors (Lipinski definition) is 3. The van der Waals surface area contributed by atoms with Crippen molar-refractivity contribution in [2.24, 2.45) is 0 Å². The number of anilines is 1. The maximum Gasteiger partial charge on any atom is 0.185 e. The Hall–Kier alpha value is -3.51. The minimum absolute atomic E-state index is 0.484. The van der Waals surface area contributed by atoms with E-state index in [4.69, 9.17) is 22.2 Å². The zero-order valence-electron chi connectivity index (χ0n) is 15.1. The summed E-state index contributed by atoms with van der Waals surface area (Å²) < 4.78 is 0. The van der Waals surface area contributed by atoms with Gasteiger partial charge in [0.1, 0.15) is 5.69 Å². The molecule has 0 bridgehead atoms. The lowest BCUT2D eigenvalue weighted by atomic mass is 10.1. The van der Waals surface area contributed by atoms with Crippen LogP contribution in [0.5, 0.6) is 0 Å². The van der Waals surface area contributed by atoms with Gasteiger partial charge in [-0.1, -0.05) is 72.8 Å². The molecule has 0 aliphatic heterocycles. The average molecular weight is 385 g/mol. The van der Waals surface area contributed by atoms with Crippen LogP contribution in [0.25, 0.3) is 22.3 Å². The number of nitrogens with one attached hydrogen (secondary N) is 3. The highest BCUT2D eigenvalue weighted by Gasteiger charge is 2.11. The largest absolute Gasteiger partial charge is 0.357 e. The Morgan fingerprint density at radius 1 is 0.750 bits per heavy atom. The number of benzene rings is 3. The number of hydrazine groups is 1. The lowest BCUT2D eigenvalue weighted by Gasteiger charge is -2.15. The molecule has 28 heavy (non-hydrogen) atoms. The van der Waals surface area contributed by atoms with Crippen molar-refractivity contribution in [1.29, 1.82) is 0 Å². The monoisotopic (exact) mass is 385 g/mol. The summed E-state index contributed by atoms with van der Waals surface area (Å²) in [7, 11) is 0. The van der Waals surface area contributed by atoms with E-state index in [0.29, 0.717) is 17.5 Å². The molecular formula is C22H19N5S. The number of nitrogens with zero attached hydrogens (tertiary/aromatic N) is 2. The van der Waals surface area contributed by atoms with Crippen LogP contribution in [-0.4, -0.2) is 15.1 Å². The van der Waals surface area contributed by atoms with Crippen molar-refractivity contribution in [1.82, 2.24) is 20.7 Å². The zero-order valence-corrected chi connectivity index (χ0v) is 15.9. The Morgan fingerprint density at radius 3 is 2.07 bits per heavy atom. The van der Waals surface area contributed by atoms with E-state index in [1.54, 1.807) is 0 Å². The fourth-order valence-corrected chi connectivity index (χ4v) is 2.95. The van der Waals surface area contributed by atoms with Gasteiger partial charge in [-0.3, -0.25) is 10.9 Å². The van der Waals surface area contributed by atoms with E-state index in [0.717, 1.165) is 27.9 Å². The number of aromatic nitrogens is 2. The summed E-state index contributed by atoms with van der Waals surface area (Å²) in [5.74, 6) is 0.619. The molecule has 6 heteroatoms.